The van der Waals surface area contributed by atoms with Crippen LogP contribution < -0.4 is 0 Å². The molecule has 26 heavy (non-hydrogen) atoms. The summed E-state index contributed by atoms with van der Waals surface area (Å²) >= 11 is 0. The Morgan fingerprint density at radius 3 is 2.65 bits per heavy atom. The van der Waals surface area contributed by atoms with E-state index in [1.165, 1.54) is 18.4 Å². The lowest BCUT2D eigenvalue weighted by Crippen LogP contribution is -2.36. The zero-order valence-corrected chi connectivity index (χ0v) is 15.5. The standard InChI is InChI=1S/C19H28N6O/c1-23-18(15-24-9-11-26-12-10-24)21-22-19(23)17-3-2-8-25(14-17)13-16-4-6-20-7-5-16/h4-7,17H,2-3,8-15H2,1H3/t17-/m0/s1. The second kappa shape index (κ2) is 8.24. The van der Waals surface area contributed by atoms with E-state index in [-0.39, 0.29) is 0 Å². The molecule has 4 heterocycles. The van der Waals surface area contributed by atoms with Crippen molar-refractivity contribution in [3.05, 3.63) is 41.7 Å². The number of likely N-dealkylation sites (tertiary alicyclic amines) is 1. The molecule has 7 heteroatoms. The van der Waals surface area contributed by atoms with Crippen LogP contribution in [0.1, 0.15) is 36.0 Å². The van der Waals surface area contributed by atoms with Crippen molar-refractivity contribution in [1.82, 2.24) is 29.5 Å². The summed E-state index contributed by atoms with van der Waals surface area (Å²) in [4.78, 5) is 9.04. The maximum absolute atomic E-state index is 5.43. The molecule has 0 N–H and O–H groups in total. The highest BCUT2D eigenvalue weighted by atomic mass is 16.5. The molecule has 0 amide bonds. The minimum Gasteiger partial charge on any atom is -0.379 e. The van der Waals surface area contributed by atoms with Gasteiger partial charge in [-0.3, -0.25) is 14.8 Å². The molecular weight excluding hydrogens is 328 g/mol. The Labute approximate surface area is 155 Å². The van der Waals surface area contributed by atoms with Gasteiger partial charge in [-0.2, -0.15) is 0 Å². The smallest absolute Gasteiger partial charge is 0.146 e. The van der Waals surface area contributed by atoms with Crippen LogP contribution >= 0.6 is 0 Å². The topological polar surface area (TPSA) is 59.3 Å². The minimum absolute atomic E-state index is 0.460. The number of morpholine rings is 1. The molecule has 2 aromatic heterocycles. The van der Waals surface area contributed by atoms with Crippen molar-refractivity contribution in [3.63, 3.8) is 0 Å². The molecule has 2 fully saturated rings. The average Bonchev–Trinajstić information content (AvgIpc) is 3.04. The third kappa shape index (κ3) is 4.11. The second-order valence-electron chi connectivity index (χ2n) is 7.35. The molecule has 0 unspecified atom stereocenters. The van der Waals surface area contributed by atoms with E-state index in [0.717, 1.165) is 64.1 Å². The molecule has 1 atom stereocenters. The van der Waals surface area contributed by atoms with Crippen LogP contribution in [0, 0.1) is 0 Å². The maximum atomic E-state index is 5.43. The number of piperidine rings is 1. The lowest BCUT2D eigenvalue weighted by molar-refractivity contribution is 0.0326. The van der Waals surface area contributed by atoms with Gasteiger partial charge < -0.3 is 9.30 Å². The highest BCUT2D eigenvalue weighted by molar-refractivity contribution is 5.10. The highest BCUT2D eigenvalue weighted by Gasteiger charge is 2.26. The molecule has 2 aromatic rings. The van der Waals surface area contributed by atoms with Crippen molar-refractivity contribution < 1.29 is 4.74 Å². The maximum Gasteiger partial charge on any atom is 0.146 e. The van der Waals surface area contributed by atoms with Crippen LogP contribution in [0.3, 0.4) is 0 Å². The van der Waals surface area contributed by atoms with Gasteiger partial charge in [-0.15, -0.1) is 10.2 Å². The Balaban J connectivity index is 1.40. The molecule has 140 valence electrons. The largest absolute Gasteiger partial charge is 0.379 e. The summed E-state index contributed by atoms with van der Waals surface area (Å²) < 4.78 is 7.65. The molecular formula is C19H28N6O. The lowest BCUT2D eigenvalue weighted by Gasteiger charge is -2.32. The molecule has 7 nitrogen and oxygen atoms in total. The molecule has 0 aromatic carbocycles. The summed E-state index contributed by atoms with van der Waals surface area (Å²) in [6.45, 7) is 7.63. The predicted octanol–water partition coefficient (Wildman–Crippen LogP) is 1.42. The van der Waals surface area contributed by atoms with Crippen LogP contribution in [0.15, 0.2) is 24.5 Å². The normalized spacial score (nSPS) is 22.6. The molecule has 4 rings (SSSR count). The molecule has 2 aliphatic rings. The van der Waals surface area contributed by atoms with E-state index in [1.54, 1.807) is 0 Å². The predicted molar refractivity (Wildman–Crippen MR) is 98.6 cm³/mol. The van der Waals surface area contributed by atoms with Gasteiger partial charge in [0, 0.05) is 51.5 Å². The molecule has 2 aliphatic heterocycles. The Morgan fingerprint density at radius 1 is 1.04 bits per heavy atom. The summed E-state index contributed by atoms with van der Waals surface area (Å²) in [6.07, 6.45) is 6.15. The monoisotopic (exact) mass is 356 g/mol. The minimum atomic E-state index is 0.460. The second-order valence-corrected chi connectivity index (χ2v) is 7.35. The number of aromatic nitrogens is 4. The zero-order chi connectivity index (χ0) is 17.8. The van der Waals surface area contributed by atoms with Crippen LogP contribution in [0.2, 0.25) is 0 Å². The average molecular weight is 356 g/mol. The van der Waals surface area contributed by atoms with Crippen molar-refractivity contribution in [2.45, 2.75) is 31.8 Å². The van der Waals surface area contributed by atoms with Crippen LogP contribution in [0.5, 0.6) is 0 Å². The van der Waals surface area contributed by atoms with E-state index in [2.05, 4.69) is 48.7 Å². The molecule has 0 bridgehead atoms. The fourth-order valence-electron chi connectivity index (χ4n) is 3.98. The summed E-state index contributed by atoms with van der Waals surface area (Å²) in [5.74, 6) is 2.65. The Morgan fingerprint density at radius 2 is 1.85 bits per heavy atom. The van der Waals surface area contributed by atoms with Gasteiger partial charge in [0.25, 0.3) is 0 Å². The van der Waals surface area contributed by atoms with Crippen LogP contribution in [-0.4, -0.2) is 68.9 Å². The Kier molecular flexibility index (Phi) is 5.57. The molecule has 0 saturated carbocycles. The van der Waals surface area contributed by atoms with Gasteiger partial charge in [0.2, 0.25) is 0 Å². The van der Waals surface area contributed by atoms with Crippen molar-refractivity contribution in [3.8, 4) is 0 Å². The highest BCUT2D eigenvalue weighted by Crippen LogP contribution is 2.27. The third-order valence-corrected chi connectivity index (χ3v) is 5.49. The van der Waals surface area contributed by atoms with E-state index < -0.39 is 0 Å². The first-order valence-corrected chi connectivity index (χ1v) is 9.59. The zero-order valence-electron chi connectivity index (χ0n) is 15.5. The lowest BCUT2D eigenvalue weighted by atomic mass is 9.96. The third-order valence-electron chi connectivity index (χ3n) is 5.49. The van der Waals surface area contributed by atoms with Crippen LogP contribution in [0.4, 0.5) is 0 Å². The quantitative estimate of drug-likeness (QED) is 0.808. The number of hydrogen-bond acceptors (Lipinski definition) is 6. The first-order chi connectivity index (χ1) is 12.8. The fourth-order valence-corrected chi connectivity index (χ4v) is 3.98. The van der Waals surface area contributed by atoms with E-state index in [9.17, 15) is 0 Å². The molecule has 2 saturated heterocycles. The van der Waals surface area contributed by atoms with Crippen molar-refractivity contribution in [2.24, 2.45) is 7.05 Å². The van der Waals surface area contributed by atoms with Gasteiger partial charge in [0.1, 0.15) is 11.6 Å². The van der Waals surface area contributed by atoms with Crippen molar-refractivity contribution in [2.75, 3.05) is 39.4 Å². The van der Waals surface area contributed by atoms with Gasteiger partial charge in [-0.1, -0.05) is 0 Å². The summed E-state index contributed by atoms with van der Waals surface area (Å²) in [6, 6.07) is 4.21. The van der Waals surface area contributed by atoms with Crippen LogP contribution in [-0.2, 0) is 24.9 Å². The van der Waals surface area contributed by atoms with Gasteiger partial charge in [0.05, 0.1) is 19.8 Å². The number of hydrogen-bond donors (Lipinski definition) is 0. The fraction of sp³-hybridized carbons (Fsp3) is 0.632. The summed E-state index contributed by atoms with van der Waals surface area (Å²) in [5.41, 5.74) is 1.33. The summed E-state index contributed by atoms with van der Waals surface area (Å²) in [5, 5.41) is 9.06. The first kappa shape index (κ1) is 17.6. The van der Waals surface area contributed by atoms with E-state index >= 15 is 0 Å². The van der Waals surface area contributed by atoms with Gasteiger partial charge in [0.15, 0.2) is 0 Å². The number of ether oxygens (including phenoxy) is 1. The van der Waals surface area contributed by atoms with Crippen molar-refractivity contribution >= 4 is 0 Å². The Bertz CT molecular complexity index is 697. The van der Waals surface area contributed by atoms with Gasteiger partial charge in [-0.25, -0.2) is 0 Å². The summed E-state index contributed by atoms with van der Waals surface area (Å²) in [7, 11) is 2.12. The number of nitrogens with zero attached hydrogens (tertiary/aromatic N) is 6. The van der Waals surface area contributed by atoms with E-state index in [0.29, 0.717) is 5.92 Å². The number of rotatable bonds is 5. The molecule has 0 spiro atoms. The van der Waals surface area contributed by atoms with Gasteiger partial charge >= 0.3 is 0 Å². The number of pyridine rings is 1. The van der Waals surface area contributed by atoms with Crippen LogP contribution in [0.25, 0.3) is 0 Å². The van der Waals surface area contributed by atoms with E-state index in [4.69, 9.17) is 4.74 Å². The molecule has 0 aliphatic carbocycles. The van der Waals surface area contributed by atoms with Crippen molar-refractivity contribution in [1.29, 1.82) is 0 Å². The SMILES string of the molecule is Cn1c(CN2CCOCC2)nnc1[C@H]1CCCN(Cc2ccncc2)C1. The Hall–Kier alpha value is -1.83. The van der Waals surface area contributed by atoms with Gasteiger partial charge in [-0.05, 0) is 37.1 Å². The molecule has 0 radical (unpaired) electrons. The van der Waals surface area contributed by atoms with E-state index in [1.807, 2.05) is 12.4 Å². The first-order valence-electron chi connectivity index (χ1n) is 9.59.